The molecule has 86 valence electrons. The summed E-state index contributed by atoms with van der Waals surface area (Å²) in [7, 11) is 1.84. The molecule has 4 nitrogen and oxygen atoms in total. The number of nitrogens with one attached hydrogen (secondary N) is 2. The predicted molar refractivity (Wildman–Crippen MR) is 74.4 cm³/mol. The molecule has 2 N–H and O–H groups in total. The van der Waals surface area contributed by atoms with E-state index in [9.17, 15) is 0 Å². The van der Waals surface area contributed by atoms with Gasteiger partial charge in [-0.25, -0.2) is 9.97 Å². The minimum absolute atomic E-state index is 0.729. The standard InChI is InChI=1S/C11H9BrN4S/c1-13-8-3-2-7-10(15-8)16-11(14-7)9-6(12)4-5-17-9/h2-5H,1H3,(H2,13,14,15,16). The van der Waals surface area contributed by atoms with Gasteiger partial charge in [0.25, 0.3) is 0 Å². The fourth-order valence-corrected chi connectivity index (χ4v) is 3.11. The molecule has 3 aromatic rings. The van der Waals surface area contributed by atoms with Gasteiger partial charge in [0.15, 0.2) is 11.5 Å². The van der Waals surface area contributed by atoms with E-state index in [-0.39, 0.29) is 0 Å². The molecule has 0 aromatic carbocycles. The number of H-pyrrole nitrogens is 1. The molecule has 17 heavy (non-hydrogen) atoms. The van der Waals surface area contributed by atoms with E-state index in [2.05, 4.69) is 36.2 Å². The molecule has 3 heterocycles. The van der Waals surface area contributed by atoms with Crippen LogP contribution in [0.25, 0.3) is 21.9 Å². The molecular weight excluding hydrogens is 300 g/mol. The summed E-state index contributed by atoms with van der Waals surface area (Å²) in [5.41, 5.74) is 1.67. The van der Waals surface area contributed by atoms with E-state index in [1.807, 2.05) is 30.6 Å². The lowest BCUT2D eigenvalue weighted by atomic mass is 10.4. The number of aromatic amines is 1. The Morgan fingerprint density at radius 2 is 2.18 bits per heavy atom. The van der Waals surface area contributed by atoms with E-state index in [0.29, 0.717) is 0 Å². The topological polar surface area (TPSA) is 53.6 Å². The van der Waals surface area contributed by atoms with Gasteiger partial charge in [-0.2, -0.15) is 0 Å². The van der Waals surface area contributed by atoms with E-state index < -0.39 is 0 Å². The van der Waals surface area contributed by atoms with Crippen LogP contribution in [0.1, 0.15) is 0 Å². The number of aromatic nitrogens is 3. The van der Waals surface area contributed by atoms with Crippen molar-refractivity contribution in [3.63, 3.8) is 0 Å². The zero-order chi connectivity index (χ0) is 11.8. The zero-order valence-corrected chi connectivity index (χ0v) is 11.4. The van der Waals surface area contributed by atoms with Gasteiger partial charge in [0.05, 0.1) is 10.4 Å². The van der Waals surface area contributed by atoms with Gasteiger partial charge < -0.3 is 10.3 Å². The molecule has 0 spiro atoms. The predicted octanol–water partition coefficient (Wildman–Crippen LogP) is 3.49. The number of thiophene rings is 1. The number of hydrogen-bond donors (Lipinski definition) is 2. The minimum atomic E-state index is 0.729. The van der Waals surface area contributed by atoms with Gasteiger partial charge >= 0.3 is 0 Å². The van der Waals surface area contributed by atoms with Crippen molar-refractivity contribution in [1.29, 1.82) is 0 Å². The maximum Gasteiger partial charge on any atom is 0.180 e. The highest BCUT2D eigenvalue weighted by Gasteiger charge is 2.10. The van der Waals surface area contributed by atoms with Gasteiger partial charge in [-0.1, -0.05) is 0 Å². The first-order valence-corrected chi connectivity index (χ1v) is 6.73. The Kier molecular flexibility index (Phi) is 2.60. The number of anilines is 1. The second kappa shape index (κ2) is 4.12. The lowest BCUT2D eigenvalue weighted by Crippen LogP contribution is -1.91. The number of halogens is 1. The minimum Gasteiger partial charge on any atom is -0.373 e. The highest BCUT2D eigenvalue weighted by molar-refractivity contribution is 9.10. The molecule has 0 atom stereocenters. The molecule has 3 aromatic heterocycles. The van der Waals surface area contributed by atoms with E-state index in [1.54, 1.807) is 11.3 Å². The largest absolute Gasteiger partial charge is 0.373 e. The van der Waals surface area contributed by atoms with Gasteiger partial charge in [-0.15, -0.1) is 11.3 Å². The number of imidazole rings is 1. The van der Waals surface area contributed by atoms with Crippen LogP contribution in [-0.4, -0.2) is 22.0 Å². The number of hydrogen-bond acceptors (Lipinski definition) is 4. The third-order valence-corrected chi connectivity index (χ3v) is 4.28. The van der Waals surface area contributed by atoms with Gasteiger partial charge in [0, 0.05) is 11.5 Å². The average Bonchev–Trinajstić information content (AvgIpc) is 2.93. The first kappa shape index (κ1) is 10.7. The molecule has 0 aliphatic carbocycles. The van der Waals surface area contributed by atoms with Crippen molar-refractivity contribution in [3.05, 3.63) is 28.1 Å². The van der Waals surface area contributed by atoms with Crippen LogP contribution in [0.3, 0.4) is 0 Å². The number of pyridine rings is 1. The maximum absolute atomic E-state index is 4.50. The van der Waals surface area contributed by atoms with E-state index >= 15 is 0 Å². The molecule has 0 aliphatic rings. The second-order valence-electron chi connectivity index (χ2n) is 3.50. The molecule has 0 unspecified atom stereocenters. The number of rotatable bonds is 2. The zero-order valence-electron chi connectivity index (χ0n) is 8.99. The van der Waals surface area contributed by atoms with Crippen LogP contribution < -0.4 is 5.32 Å². The van der Waals surface area contributed by atoms with E-state index in [1.165, 1.54) is 0 Å². The summed E-state index contributed by atoms with van der Waals surface area (Å²) in [5.74, 6) is 1.67. The highest BCUT2D eigenvalue weighted by Crippen LogP contribution is 2.32. The molecule has 0 fully saturated rings. The third kappa shape index (κ3) is 1.83. The summed E-state index contributed by atoms with van der Waals surface area (Å²) in [5, 5.41) is 5.03. The fraction of sp³-hybridized carbons (Fsp3) is 0.0909. The summed E-state index contributed by atoms with van der Waals surface area (Å²) >= 11 is 5.15. The quantitative estimate of drug-likeness (QED) is 0.762. The SMILES string of the molecule is CNc1ccc2[nH]c(-c3sccc3Br)nc2n1. The van der Waals surface area contributed by atoms with Gasteiger partial charge in [-0.3, -0.25) is 0 Å². The molecule has 6 heteroatoms. The van der Waals surface area contributed by atoms with Crippen LogP contribution in [0.2, 0.25) is 0 Å². The monoisotopic (exact) mass is 308 g/mol. The van der Waals surface area contributed by atoms with Crippen LogP contribution >= 0.6 is 27.3 Å². The van der Waals surface area contributed by atoms with Crippen LogP contribution in [0.5, 0.6) is 0 Å². The highest BCUT2D eigenvalue weighted by atomic mass is 79.9. The Balaban J connectivity index is 2.17. The summed E-state index contributed by atoms with van der Waals surface area (Å²) in [6.45, 7) is 0. The summed E-state index contributed by atoms with van der Waals surface area (Å²) in [4.78, 5) is 13.2. The molecule has 0 aliphatic heterocycles. The van der Waals surface area contributed by atoms with E-state index in [4.69, 9.17) is 0 Å². The molecule has 0 saturated heterocycles. The Morgan fingerprint density at radius 1 is 1.29 bits per heavy atom. The van der Waals surface area contributed by atoms with Gasteiger partial charge in [-0.05, 0) is 39.5 Å². The smallest absolute Gasteiger partial charge is 0.180 e. The first-order valence-electron chi connectivity index (χ1n) is 5.06. The van der Waals surface area contributed by atoms with Crippen molar-refractivity contribution in [2.45, 2.75) is 0 Å². The van der Waals surface area contributed by atoms with Crippen LogP contribution in [0.15, 0.2) is 28.1 Å². The Hall–Kier alpha value is -1.40. The maximum atomic E-state index is 4.50. The third-order valence-electron chi connectivity index (χ3n) is 2.43. The van der Waals surface area contributed by atoms with Crippen molar-refractivity contribution < 1.29 is 0 Å². The molecule has 0 bridgehead atoms. The first-order chi connectivity index (χ1) is 8.28. The summed E-state index contributed by atoms with van der Waals surface area (Å²) in [6.07, 6.45) is 0. The normalized spacial score (nSPS) is 10.9. The Labute approximate surface area is 110 Å². The Morgan fingerprint density at radius 3 is 2.88 bits per heavy atom. The lowest BCUT2D eigenvalue weighted by Gasteiger charge is -1.95. The van der Waals surface area contributed by atoms with Crippen molar-refractivity contribution in [3.8, 4) is 10.7 Å². The van der Waals surface area contributed by atoms with Gasteiger partial charge in [0.2, 0.25) is 0 Å². The number of nitrogens with zero attached hydrogens (tertiary/aromatic N) is 2. The van der Waals surface area contributed by atoms with Crippen LogP contribution in [-0.2, 0) is 0 Å². The Bertz CT molecular complexity index is 673. The van der Waals surface area contributed by atoms with Crippen molar-refractivity contribution in [1.82, 2.24) is 15.0 Å². The molecule has 3 rings (SSSR count). The van der Waals surface area contributed by atoms with Crippen molar-refractivity contribution in [2.24, 2.45) is 0 Å². The fourth-order valence-electron chi connectivity index (χ4n) is 1.60. The van der Waals surface area contributed by atoms with E-state index in [0.717, 1.165) is 32.2 Å². The van der Waals surface area contributed by atoms with Crippen LogP contribution in [0, 0.1) is 0 Å². The summed E-state index contributed by atoms with van der Waals surface area (Å²) < 4.78 is 1.05. The second-order valence-corrected chi connectivity index (χ2v) is 5.27. The summed E-state index contributed by atoms with van der Waals surface area (Å²) in [6, 6.07) is 5.92. The van der Waals surface area contributed by atoms with Crippen LogP contribution in [0.4, 0.5) is 5.82 Å². The van der Waals surface area contributed by atoms with Crippen molar-refractivity contribution in [2.75, 3.05) is 12.4 Å². The van der Waals surface area contributed by atoms with Crippen molar-refractivity contribution >= 4 is 44.2 Å². The number of fused-ring (bicyclic) bond motifs is 1. The average molecular weight is 309 g/mol. The molecule has 0 saturated carbocycles. The lowest BCUT2D eigenvalue weighted by molar-refractivity contribution is 1.29. The molecule has 0 amide bonds. The van der Waals surface area contributed by atoms with Gasteiger partial charge in [0.1, 0.15) is 5.82 Å². The molecule has 0 radical (unpaired) electrons. The molecular formula is C11H9BrN4S.